The first-order valence-electron chi connectivity index (χ1n) is 7.90. The summed E-state index contributed by atoms with van der Waals surface area (Å²) in [5.41, 5.74) is 5.03. The Hall–Kier alpha value is -0.810. The van der Waals surface area contributed by atoms with E-state index in [4.69, 9.17) is 5.73 Å². The molecule has 4 N–H and O–H groups in total. The summed E-state index contributed by atoms with van der Waals surface area (Å²) in [5.74, 6) is 0.475. The topological polar surface area (TPSA) is 84.2 Å². The first kappa shape index (κ1) is 18.2. The molecule has 0 aromatic heterocycles. The Balaban J connectivity index is 0.00000220. The maximum Gasteiger partial charge on any atom is 0.225 e. The minimum absolute atomic E-state index is 0. The molecule has 2 amide bonds. The van der Waals surface area contributed by atoms with Crippen molar-refractivity contribution in [3.05, 3.63) is 0 Å². The van der Waals surface area contributed by atoms with Crippen LogP contribution >= 0.6 is 12.4 Å². The lowest BCUT2D eigenvalue weighted by atomic mass is 9.85. The van der Waals surface area contributed by atoms with E-state index in [-0.39, 0.29) is 24.2 Å². The molecule has 122 valence electrons. The summed E-state index contributed by atoms with van der Waals surface area (Å²) in [5, 5.41) is 6.26. The highest BCUT2D eigenvalue weighted by molar-refractivity contribution is 5.85. The second kappa shape index (κ2) is 8.59. The van der Waals surface area contributed by atoms with Crippen LogP contribution in [0.25, 0.3) is 0 Å². The van der Waals surface area contributed by atoms with E-state index in [0.29, 0.717) is 18.9 Å². The van der Waals surface area contributed by atoms with Gasteiger partial charge in [-0.2, -0.15) is 0 Å². The molecule has 6 heteroatoms. The predicted octanol–water partition coefficient (Wildman–Crippen LogP) is 1.35. The van der Waals surface area contributed by atoms with E-state index in [1.54, 1.807) is 0 Å². The van der Waals surface area contributed by atoms with E-state index < -0.39 is 5.41 Å². The smallest absolute Gasteiger partial charge is 0.225 e. The van der Waals surface area contributed by atoms with Crippen LogP contribution in [-0.4, -0.2) is 31.4 Å². The van der Waals surface area contributed by atoms with E-state index >= 15 is 0 Å². The lowest BCUT2D eigenvalue weighted by molar-refractivity contribution is -0.128. The molecule has 2 rings (SSSR count). The maximum absolute atomic E-state index is 11.9. The van der Waals surface area contributed by atoms with Gasteiger partial charge in [0, 0.05) is 13.0 Å². The molecule has 0 aromatic rings. The zero-order valence-electron chi connectivity index (χ0n) is 12.7. The molecule has 2 fully saturated rings. The number of carbonyl (C=O) groups excluding carboxylic acids is 2. The van der Waals surface area contributed by atoms with Crippen LogP contribution in [-0.2, 0) is 9.59 Å². The number of hydrogen-bond donors (Lipinski definition) is 3. The summed E-state index contributed by atoms with van der Waals surface area (Å²) in [4.78, 5) is 23.5. The molecule has 2 aliphatic rings. The molecule has 1 heterocycles. The SMILES string of the molecule is Cl.NC(=O)C1(CNC(=O)CCC2CCNCC2)CCCC1. The van der Waals surface area contributed by atoms with Crippen LogP contribution < -0.4 is 16.4 Å². The first-order valence-corrected chi connectivity index (χ1v) is 7.90. The highest BCUT2D eigenvalue weighted by Crippen LogP contribution is 2.37. The number of amides is 2. The number of piperidine rings is 1. The Bertz CT molecular complexity index is 351. The Morgan fingerprint density at radius 2 is 1.81 bits per heavy atom. The van der Waals surface area contributed by atoms with Gasteiger partial charge in [0.1, 0.15) is 0 Å². The Morgan fingerprint density at radius 1 is 1.19 bits per heavy atom. The molecule has 5 nitrogen and oxygen atoms in total. The number of nitrogens with one attached hydrogen (secondary N) is 2. The molecule has 0 aromatic carbocycles. The third-order valence-electron chi connectivity index (χ3n) is 4.95. The molecule has 1 saturated heterocycles. The van der Waals surface area contributed by atoms with Crippen molar-refractivity contribution in [3.8, 4) is 0 Å². The van der Waals surface area contributed by atoms with Crippen LogP contribution in [0.4, 0.5) is 0 Å². The summed E-state index contributed by atoms with van der Waals surface area (Å²) in [6, 6.07) is 0. The second-order valence-electron chi connectivity index (χ2n) is 6.36. The van der Waals surface area contributed by atoms with Gasteiger partial charge in [0.25, 0.3) is 0 Å². The van der Waals surface area contributed by atoms with Gasteiger partial charge in [0.15, 0.2) is 0 Å². The summed E-state index contributed by atoms with van der Waals surface area (Å²) in [6.07, 6.45) is 7.56. The summed E-state index contributed by atoms with van der Waals surface area (Å²) < 4.78 is 0. The molecule has 0 atom stereocenters. The van der Waals surface area contributed by atoms with Crippen LogP contribution in [0.5, 0.6) is 0 Å². The Kier molecular flexibility index (Phi) is 7.46. The van der Waals surface area contributed by atoms with Gasteiger partial charge in [-0.3, -0.25) is 9.59 Å². The van der Waals surface area contributed by atoms with Crippen molar-refractivity contribution < 1.29 is 9.59 Å². The van der Waals surface area contributed by atoms with Gasteiger partial charge in [-0.05, 0) is 51.1 Å². The number of hydrogen-bond acceptors (Lipinski definition) is 3. The normalized spacial score (nSPS) is 21.5. The van der Waals surface area contributed by atoms with Crippen molar-refractivity contribution in [2.75, 3.05) is 19.6 Å². The third-order valence-corrected chi connectivity index (χ3v) is 4.95. The molecule has 1 aliphatic carbocycles. The summed E-state index contributed by atoms with van der Waals surface area (Å²) in [6.45, 7) is 2.56. The Labute approximate surface area is 133 Å². The zero-order valence-corrected chi connectivity index (χ0v) is 13.5. The van der Waals surface area contributed by atoms with Gasteiger partial charge >= 0.3 is 0 Å². The van der Waals surface area contributed by atoms with Crippen molar-refractivity contribution in [3.63, 3.8) is 0 Å². The van der Waals surface area contributed by atoms with Crippen LogP contribution in [0.3, 0.4) is 0 Å². The van der Waals surface area contributed by atoms with Crippen molar-refractivity contribution in [2.24, 2.45) is 17.1 Å². The van der Waals surface area contributed by atoms with Gasteiger partial charge in [0.2, 0.25) is 11.8 Å². The van der Waals surface area contributed by atoms with Crippen molar-refractivity contribution in [2.45, 2.75) is 51.4 Å². The van der Waals surface area contributed by atoms with Crippen LogP contribution in [0.1, 0.15) is 51.4 Å². The van der Waals surface area contributed by atoms with Gasteiger partial charge in [-0.1, -0.05) is 12.8 Å². The summed E-state index contributed by atoms with van der Waals surface area (Å²) >= 11 is 0. The van der Waals surface area contributed by atoms with E-state index in [2.05, 4.69) is 10.6 Å². The standard InChI is InChI=1S/C15H27N3O2.ClH/c16-14(20)15(7-1-2-8-15)11-18-13(19)4-3-12-5-9-17-10-6-12;/h12,17H,1-11H2,(H2,16,20)(H,18,19);1H. The molecular formula is C15H28ClN3O2. The van der Waals surface area contributed by atoms with E-state index in [1.165, 1.54) is 12.8 Å². The largest absolute Gasteiger partial charge is 0.369 e. The fourth-order valence-electron chi connectivity index (χ4n) is 3.42. The predicted molar refractivity (Wildman–Crippen MR) is 85.2 cm³/mol. The number of nitrogens with two attached hydrogens (primary N) is 1. The fourth-order valence-corrected chi connectivity index (χ4v) is 3.42. The average Bonchev–Trinajstić information content (AvgIpc) is 2.94. The minimum atomic E-state index is -0.482. The number of halogens is 1. The maximum atomic E-state index is 11.9. The monoisotopic (exact) mass is 317 g/mol. The highest BCUT2D eigenvalue weighted by atomic mass is 35.5. The minimum Gasteiger partial charge on any atom is -0.369 e. The molecule has 0 bridgehead atoms. The van der Waals surface area contributed by atoms with Crippen molar-refractivity contribution in [1.82, 2.24) is 10.6 Å². The number of primary amides is 1. The lowest BCUT2D eigenvalue weighted by Gasteiger charge is -2.26. The van der Waals surface area contributed by atoms with Gasteiger partial charge in [-0.25, -0.2) is 0 Å². The molecule has 21 heavy (non-hydrogen) atoms. The summed E-state index contributed by atoms with van der Waals surface area (Å²) in [7, 11) is 0. The molecule has 0 unspecified atom stereocenters. The van der Waals surface area contributed by atoms with Gasteiger partial charge in [0.05, 0.1) is 5.41 Å². The lowest BCUT2D eigenvalue weighted by Crippen LogP contribution is -2.44. The number of carbonyl (C=O) groups is 2. The van der Waals surface area contributed by atoms with Crippen LogP contribution in [0.15, 0.2) is 0 Å². The van der Waals surface area contributed by atoms with Crippen molar-refractivity contribution >= 4 is 24.2 Å². The molecule has 0 radical (unpaired) electrons. The quantitative estimate of drug-likeness (QED) is 0.691. The third kappa shape index (κ3) is 5.15. The van der Waals surface area contributed by atoms with E-state index in [1.807, 2.05) is 0 Å². The van der Waals surface area contributed by atoms with Gasteiger partial charge < -0.3 is 16.4 Å². The van der Waals surface area contributed by atoms with E-state index in [0.717, 1.165) is 45.2 Å². The fraction of sp³-hybridized carbons (Fsp3) is 0.867. The van der Waals surface area contributed by atoms with E-state index in [9.17, 15) is 9.59 Å². The average molecular weight is 318 g/mol. The Morgan fingerprint density at radius 3 is 2.38 bits per heavy atom. The van der Waals surface area contributed by atoms with Crippen molar-refractivity contribution in [1.29, 1.82) is 0 Å². The second-order valence-corrected chi connectivity index (χ2v) is 6.36. The number of rotatable bonds is 6. The molecule has 1 saturated carbocycles. The highest BCUT2D eigenvalue weighted by Gasteiger charge is 2.39. The zero-order chi connectivity index (χ0) is 14.4. The van der Waals surface area contributed by atoms with Gasteiger partial charge in [-0.15, -0.1) is 12.4 Å². The first-order chi connectivity index (χ1) is 9.62. The van der Waals surface area contributed by atoms with Crippen LogP contribution in [0, 0.1) is 11.3 Å². The van der Waals surface area contributed by atoms with Crippen LogP contribution in [0.2, 0.25) is 0 Å². The molecular weight excluding hydrogens is 290 g/mol. The molecule has 0 spiro atoms. The molecule has 1 aliphatic heterocycles.